The SMILES string of the molecule is CCN(CC)Cc1ccc(OCC=C2CCC3C4C(CCC23C)c2ccc(O)cc2C[C@H]4C)c(OC)c1. The van der Waals surface area contributed by atoms with Gasteiger partial charge in [-0.2, -0.15) is 0 Å². The van der Waals surface area contributed by atoms with Crippen molar-refractivity contribution in [1.29, 1.82) is 0 Å². The van der Waals surface area contributed by atoms with E-state index in [1.54, 1.807) is 12.7 Å². The number of aromatic hydroxyl groups is 1. The number of methoxy groups -OCH3 is 1. The Hall–Kier alpha value is -2.46. The first-order valence-corrected chi connectivity index (χ1v) is 14.4. The topological polar surface area (TPSA) is 41.9 Å². The number of phenolic OH excluding ortho intramolecular Hbond substituents is 1. The smallest absolute Gasteiger partial charge is 0.161 e. The second-order valence-electron chi connectivity index (χ2n) is 11.8. The number of hydrogen-bond acceptors (Lipinski definition) is 4. The van der Waals surface area contributed by atoms with Gasteiger partial charge in [0.15, 0.2) is 11.5 Å². The van der Waals surface area contributed by atoms with E-state index >= 15 is 0 Å². The Labute approximate surface area is 223 Å². The van der Waals surface area contributed by atoms with E-state index in [2.05, 4.69) is 62.9 Å². The second kappa shape index (κ2) is 10.7. The zero-order valence-corrected chi connectivity index (χ0v) is 23.4. The third kappa shape index (κ3) is 4.90. The lowest BCUT2D eigenvalue weighted by Crippen LogP contribution is -2.43. The highest BCUT2D eigenvalue weighted by molar-refractivity contribution is 5.44. The normalized spacial score (nSPS) is 29.6. The number of hydrogen-bond donors (Lipinski definition) is 1. The van der Waals surface area contributed by atoms with Crippen LogP contribution in [0.3, 0.4) is 0 Å². The fourth-order valence-electron chi connectivity index (χ4n) is 8.02. The summed E-state index contributed by atoms with van der Waals surface area (Å²) in [5, 5.41) is 10.0. The number of nitrogens with zero attached hydrogens (tertiary/aromatic N) is 1. The maximum atomic E-state index is 10.0. The van der Waals surface area contributed by atoms with Gasteiger partial charge < -0.3 is 14.6 Å². The molecule has 2 fully saturated rings. The Morgan fingerprint density at radius 3 is 2.65 bits per heavy atom. The molecule has 1 N–H and O–H groups in total. The maximum absolute atomic E-state index is 10.0. The van der Waals surface area contributed by atoms with E-state index in [-0.39, 0.29) is 5.41 Å². The Morgan fingerprint density at radius 1 is 1.08 bits per heavy atom. The van der Waals surface area contributed by atoms with Gasteiger partial charge in [0.25, 0.3) is 0 Å². The summed E-state index contributed by atoms with van der Waals surface area (Å²) in [5.41, 5.74) is 5.99. The molecule has 37 heavy (non-hydrogen) atoms. The lowest BCUT2D eigenvalue weighted by atomic mass is 9.52. The van der Waals surface area contributed by atoms with Gasteiger partial charge in [-0.3, -0.25) is 4.90 Å². The third-order valence-electron chi connectivity index (χ3n) is 10.0. The van der Waals surface area contributed by atoms with Crippen LogP contribution in [0.15, 0.2) is 48.0 Å². The molecule has 5 atom stereocenters. The van der Waals surface area contributed by atoms with E-state index in [0.717, 1.165) is 49.4 Å². The van der Waals surface area contributed by atoms with Crippen LogP contribution in [-0.2, 0) is 13.0 Å². The summed E-state index contributed by atoms with van der Waals surface area (Å²) in [4.78, 5) is 2.40. The monoisotopic (exact) mass is 503 g/mol. The van der Waals surface area contributed by atoms with Crippen molar-refractivity contribution in [3.63, 3.8) is 0 Å². The molecular weight excluding hydrogens is 458 g/mol. The van der Waals surface area contributed by atoms with Crippen LogP contribution >= 0.6 is 0 Å². The molecule has 4 heteroatoms. The first-order valence-electron chi connectivity index (χ1n) is 14.4. The average Bonchev–Trinajstić information content (AvgIpc) is 3.23. The van der Waals surface area contributed by atoms with Gasteiger partial charge in [0.05, 0.1) is 7.11 Å². The summed E-state index contributed by atoms with van der Waals surface area (Å²) in [5.74, 6) is 4.79. The van der Waals surface area contributed by atoms with Crippen LogP contribution in [0.25, 0.3) is 0 Å². The number of allylic oxidation sites excluding steroid dienone is 1. The molecule has 0 radical (unpaired) electrons. The molecule has 2 aromatic carbocycles. The molecule has 0 spiro atoms. The standard InChI is InChI=1S/C33H45NO3/c1-6-34(7-2)21-23-8-13-30(31(19-23)36-5)37-17-15-25-9-12-29-32-22(3)18-24-20-26(35)10-11-27(24)28(32)14-16-33(25,29)4/h8,10-11,13,15,19-20,22,28-29,32,35H,6-7,9,12,14,16-18,21H2,1-5H3/t22-,28?,29?,32?,33?/m1/s1. The van der Waals surface area contributed by atoms with Gasteiger partial charge >= 0.3 is 0 Å². The Morgan fingerprint density at radius 2 is 1.89 bits per heavy atom. The highest BCUT2D eigenvalue weighted by Gasteiger charge is 2.54. The number of ether oxygens (including phenoxy) is 2. The van der Waals surface area contributed by atoms with Gasteiger partial charge in [0.1, 0.15) is 12.4 Å². The molecule has 3 aliphatic carbocycles. The minimum atomic E-state index is 0.269. The van der Waals surface area contributed by atoms with Gasteiger partial charge in [-0.25, -0.2) is 0 Å². The third-order valence-corrected chi connectivity index (χ3v) is 10.0. The van der Waals surface area contributed by atoms with E-state index < -0.39 is 0 Å². The first-order chi connectivity index (χ1) is 17.9. The summed E-state index contributed by atoms with van der Waals surface area (Å²) in [6.45, 7) is 13.0. The summed E-state index contributed by atoms with van der Waals surface area (Å²) in [7, 11) is 1.73. The van der Waals surface area contributed by atoms with Crippen LogP contribution in [0.1, 0.15) is 76.0 Å². The molecule has 2 aromatic rings. The number of phenols is 1. The molecule has 4 unspecified atom stereocenters. The fraction of sp³-hybridized carbons (Fsp3) is 0.576. The van der Waals surface area contributed by atoms with Crippen molar-refractivity contribution < 1.29 is 14.6 Å². The van der Waals surface area contributed by atoms with Crippen molar-refractivity contribution >= 4 is 0 Å². The van der Waals surface area contributed by atoms with Crippen molar-refractivity contribution in [2.75, 3.05) is 26.8 Å². The number of rotatable bonds is 8. The van der Waals surface area contributed by atoms with Crippen LogP contribution in [0.4, 0.5) is 0 Å². The van der Waals surface area contributed by atoms with E-state index in [4.69, 9.17) is 9.47 Å². The molecule has 3 aliphatic rings. The van der Waals surface area contributed by atoms with Gasteiger partial charge in [0.2, 0.25) is 0 Å². The van der Waals surface area contributed by atoms with Crippen molar-refractivity contribution in [3.8, 4) is 17.2 Å². The molecule has 0 heterocycles. The number of fused-ring (bicyclic) bond motifs is 5. The van der Waals surface area contributed by atoms with Crippen LogP contribution < -0.4 is 9.47 Å². The molecule has 200 valence electrons. The molecule has 0 bridgehead atoms. The molecule has 0 aromatic heterocycles. The first kappa shape index (κ1) is 26.2. The predicted octanol–water partition coefficient (Wildman–Crippen LogP) is 7.35. The quantitative estimate of drug-likeness (QED) is 0.382. The number of benzene rings is 2. The van der Waals surface area contributed by atoms with E-state index in [1.807, 2.05) is 12.1 Å². The second-order valence-corrected chi connectivity index (χ2v) is 11.8. The zero-order chi connectivity index (χ0) is 26.2. The zero-order valence-electron chi connectivity index (χ0n) is 23.4. The van der Waals surface area contributed by atoms with Gasteiger partial charge in [-0.05, 0) is 121 Å². The highest BCUT2D eigenvalue weighted by Crippen LogP contribution is 2.63. The van der Waals surface area contributed by atoms with Crippen molar-refractivity contribution in [2.45, 2.75) is 72.3 Å². The molecule has 5 rings (SSSR count). The molecule has 0 amide bonds. The maximum Gasteiger partial charge on any atom is 0.161 e. The summed E-state index contributed by atoms with van der Waals surface area (Å²) >= 11 is 0. The molecule has 0 aliphatic heterocycles. The fourth-order valence-corrected chi connectivity index (χ4v) is 8.02. The van der Waals surface area contributed by atoms with E-state index in [0.29, 0.717) is 24.2 Å². The Balaban J connectivity index is 1.29. The highest BCUT2D eigenvalue weighted by atomic mass is 16.5. The van der Waals surface area contributed by atoms with E-state index in [1.165, 1.54) is 42.4 Å². The van der Waals surface area contributed by atoms with Gasteiger partial charge in [-0.15, -0.1) is 0 Å². The summed E-state index contributed by atoms with van der Waals surface area (Å²) < 4.78 is 12.0. The molecular formula is C33H45NO3. The minimum absolute atomic E-state index is 0.269. The lowest BCUT2D eigenvalue weighted by molar-refractivity contribution is 0.0488. The molecule has 4 nitrogen and oxygen atoms in total. The van der Waals surface area contributed by atoms with Crippen molar-refractivity contribution in [1.82, 2.24) is 4.90 Å². The molecule has 2 saturated carbocycles. The van der Waals surface area contributed by atoms with E-state index in [9.17, 15) is 5.11 Å². The molecule has 0 saturated heterocycles. The summed E-state index contributed by atoms with van der Waals surface area (Å²) in [6, 6.07) is 12.5. The Kier molecular flexibility index (Phi) is 7.58. The van der Waals surface area contributed by atoms with Crippen molar-refractivity contribution in [3.05, 3.63) is 64.7 Å². The average molecular weight is 504 g/mol. The summed E-state index contributed by atoms with van der Waals surface area (Å²) in [6.07, 6.45) is 8.40. The Bertz CT molecular complexity index is 1140. The predicted molar refractivity (Wildman–Crippen MR) is 150 cm³/mol. The van der Waals surface area contributed by atoms with Crippen molar-refractivity contribution in [2.24, 2.45) is 23.2 Å². The van der Waals surface area contributed by atoms with Gasteiger partial charge in [-0.1, -0.05) is 45.4 Å². The van der Waals surface area contributed by atoms with Gasteiger partial charge in [0, 0.05) is 6.54 Å². The largest absolute Gasteiger partial charge is 0.508 e. The lowest BCUT2D eigenvalue weighted by Gasteiger charge is -2.52. The van der Waals surface area contributed by atoms with Crippen LogP contribution in [0.2, 0.25) is 0 Å². The van der Waals surface area contributed by atoms with Crippen LogP contribution in [0.5, 0.6) is 17.2 Å². The van der Waals surface area contributed by atoms with Crippen LogP contribution in [-0.4, -0.2) is 36.8 Å². The minimum Gasteiger partial charge on any atom is -0.508 e. The van der Waals surface area contributed by atoms with Crippen LogP contribution in [0, 0.1) is 23.2 Å².